The maximum absolute atomic E-state index is 11.6. The number of benzene rings is 1. The molecule has 0 radical (unpaired) electrons. The molecule has 1 unspecified atom stereocenters. The molecule has 0 spiro atoms. The number of hydrogen-bond donors (Lipinski definition) is 2. The Morgan fingerprint density at radius 2 is 2.11 bits per heavy atom. The van der Waals surface area contributed by atoms with Crippen LogP contribution in [0.4, 0.5) is 11.4 Å². The molecule has 1 atom stereocenters. The second-order valence-electron chi connectivity index (χ2n) is 5.22. The van der Waals surface area contributed by atoms with Gasteiger partial charge in [-0.15, -0.1) is 0 Å². The normalized spacial score (nSPS) is 26.2. The number of aryl methyl sites for hydroxylation is 1. The highest BCUT2D eigenvalue weighted by Gasteiger charge is 2.38. The van der Waals surface area contributed by atoms with E-state index in [1.54, 1.807) is 12.1 Å². The van der Waals surface area contributed by atoms with Crippen molar-refractivity contribution < 1.29 is 8.42 Å². The molecule has 1 aromatic carbocycles. The Morgan fingerprint density at radius 1 is 1.44 bits per heavy atom. The molecule has 1 aliphatic rings. The van der Waals surface area contributed by atoms with Crippen LogP contribution in [0.5, 0.6) is 0 Å². The second kappa shape index (κ2) is 4.31. The molecule has 3 N–H and O–H groups in total. The van der Waals surface area contributed by atoms with E-state index in [4.69, 9.17) is 17.3 Å². The van der Waals surface area contributed by atoms with Crippen LogP contribution in [0.15, 0.2) is 12.1 Å². The van der Waals surface area contributed by atoms with Gasteiger partial charge in [0, 0.05) is 11.2 Å². The fourth-order valence-corrected chi connectivity index (χ4v) is 4.53. The van der Waals surface area contributed by atoms with Gasteiger partial charge in [0.15, 0.2) is 9.84 Å². The molecule has 1 fully saturated rings. The number of hydrogen-bond acceptors (Lipinski definition) is 4. The Labute approximate surface area is 112 Å². The summed E-state index contributed by atoms with van der Waals surface area (Å²) in [6.07, 6.45) is 0.608. The molecule has 1 saturated heterocycles. The molecule has 18 heavy (non-hydrogen) atoms. The van der Waals surface area contributed by atoms with Crippen molar-refractivity contribution in [1.29, 1.82) is 0 Å². The van der Waals surface area contributed by atoms with Gasteiger partial charge in [0.1, 0.15) is 0 Å². The summed E-state index contributed by atoms with van der Waals surface area (Å²) in [5, 5.41) is 3.77. The molecule has 0 amide bonds. The summed E-state index contributed by atoms with van der Waals surface area (Å²) in [4.78, 5) is 0. The lowest BCUT2D eigenvalue weighted by atomic mass is 10.0. The van der Waals surface area contributed by atoms with Crippen molar-refractivity contribution in [1.82, 2.24) is 0 Å². The summed E-state index contributed by atoms with van der Waals surface area (Å²) < 4.78 is 23.1. The lowest BCUT2D eigenvalue weighted by molar-refractivity contribution is 0.574. The van der Waals surface area contributed by atoms with Gasteiger partial charge in [0.2, 0.25) is 0 Å². The molecule has 6 heteroatoms. The fraction of sp³-hybridized carbons (Fsp3) is 0.500. The van der Waals surface area contributed by atoms with Crippen LogP contribution in [0.25, 0.3) is 0 Å². The SMILES string of the molecule is Cc1cc(N)c(Cl)cc1NC1(C)CCS(=O)(=O)C1. The standard InChI is InChI=1S/C12H17ClN2O2S/c1-8-5-10(14)9(13)6-11(8)15-12(2)3-4-18(16,17)7-12/h5-6,15H,3-4,7,14H2,1-2H3. The third-order valence-corrected chi connectivity index (χ3v) is 5.51. The molecule has 1 aromatic rings. The van der Waals surface area contributed by atoms with Crippen LogP contribution in [-0.2, 0) is 9.84 Å². The lowest BCUT2D eigenvalue weighted by Gasteiger charge is -2.26. The second-order valence-corrected chi connectivity index (χ2v) is 7.81. The zero-order valence-corrected chi connectivity index (χ0v) is 12.0. The maximum atomic E-state index is 11.6. The van der Waals surface area contributed by atoms with Crippen LogP contribution in [-0.4, -0.2) is 25.5 Å². The van der Waals surface area contributed by atoms with Crippen LogP contribution < -0.4 is 11.1 Å². The van der Waals surface area contributed by atoms with Crippen molar-refractivity contribution in [2.75, 3.05) is 22.6 Å². The molecule has 0 bridgehead atoms. The molecular formula is C12H17ClN2O2S. The lowest BCUT2D eigenvalue weighted by Crippen LogP contribution is -2.36. The minimum Gasteiger partial charge on any atom is -0.398 e. The van der Waals surface area contributed by atoms with Gasteiger partial charge in [-0.1, -0.05) is 11.6 Å². The Balaban J connectivity index is 2.28. The molecule has 4 nitrogen and oxygen atoms in total. The Kier molecular flexibility index (Phi) is 3.23. The first-order valence-corrected chi connectivity index (χ1v) is 7.95. The largest absolute Gasteiger partial charge is 0.398 e. The number of nitrogens with one attached hydrogen (secondary N) is 1. The van der Waals surface area contributed by atoms with Gasteiger partial charge < -0.3 is 11.1 Å². The van der Waals surface area contributed by atoms with Crippen molar-refractivity contribution in [3.8, 4) is 0 Å². The molecule has 2 rings (SSSR count). The van der Waals surface area contributed by atoms with Crippen molar-refractivity contribution in [3.05, 3.63) is 22.7 Å². The van der Waals surface area contributed by atoms with Crippen molar-refractivity contribution >= 4 is 32.8 Å². The predicted octanol–water partition coefficient (Wildman–Crippen LogP) is 2.22. The Morgan fingerprint density at radius 3 is 2.67 bits per heavy atom. The highest BCUT2D eigenvalue weighted by Crippen LogP contribution is 2.32. The minimum absolute atomic E-state index is 0.154. The summed E-state index contributed by atoms with van der Waals surface area (Å²) in [6.45, 7) is 3.84. The van der Waals surface area contributed by atoms with Gasteiger partial charge in [-0.3, -0.25) is 0 Å². The highest BCUT2D eigenvalue weighted by atomic mass is 35.5. The van der Waals surface area contributed by atoms with E-state index in [9.17, 15) is 8.42 Å². The zero-order chi connectivity index (χ0) is 13.6. The summed E-state index contributed by atoms with van der Waals surface area (Å²) in [5.74, 6) is 0.389. The van der Waals surface area contributed by atoms with E-state index in [0.717, 1.165) is 11.3 Å². The smallest absolute Gasteiger partial charge is 0.152 e. The van der Waals surface area contributed by atoms with Crippen LogP contribution in [0.2, 0.25) is 5.02 Å². The summed E-state index contributed by atoms with van der Waals surface area (Å²) >= 11 is 5.99. The topological polar surface area (TPSA) is 72.2 Å². The molecule has 1 aliphatic heterocycles. The van der Waals surface area contributed by atoms with E-state index >= 15 is 0 Å². The first-order valence-electron chi connectivity index (χ1n) is 5.75. The molecular weight excluding hydrogens is 272 g/mol. The number of anilines is 2. The quantitative estimate of drug-likeness (QED) is 0.819. The van der Waals surface area contributed by atoms with Gasteiger partial charge in [-0.2, -0.15) is 0 Å². The van der Waals surface area contributed by atoms with E-state index in [1.807, 2.05) is 13.8 Å². The molecule has 100 valence electrons. The van der Waals surface area contributed by atoms with Gasteiger partial charge >= 0.3 is 0 Å². The van der Waals surface area contributed by atoms with E-state index in [2.05, 4.69) is 5.32 Å². The summed E-state index contributed by atoms with van der Waals surface area (Å²) in [7, 11) is -2.93. The van der Waals surface area contributed by atoms with Crippen LogP contribution in [0.3, 0.4) is 0 Å². The average Bonchev–Trinajstić information content (AvgIpc) is 2.50. The third-order valence-electron chi connectivity index (χ3n) is 3.28. The minimum atomic E-state index is -2.93. The Bertz CT molecular complexity index is 586. The monoisotopic (exact) mass is 288 g/mol. The van der Waals surface area contributed by atoms with E-state index in [0.29, 0.717) is 17.1 Å². The average molecular weight is 289 g/mol. The maximum Gasteiger partial charge on any atom is 0.152 e. The summed E-state index contributed by atoms with van der Waals surface area (Å²) in [6, 6.07) is 3.54. The third kappa shape index (κ3) is 2.72. The number of sulfone groups is 1. The number of halogens is 1. The van der Waals surface area contributed by atoms with Gasteiger partial charge in [0.05, 0.1) is 22.2 Å². The van der Waals surface area contributed by atoms with Crippen LogP contribution >= 0.6 is 11.6 Å². The number of nitrogens with two attached hydrogens (primary N) is 1. The van der Waals surface area contributed by atoms with Crippen molar-refractivity contribution in [2.45, 2.75) is 25.8 Å². The van der Waals surface area contributed by atoms with Gasteiger partial charge in [-0.25, -0.2) is 8.42 Å². The first kappa shape index (κ1) is 13.5. The first-order chi connectivity index (χ1) is 8.21. The Hall–Kier alpha value is -0.940. The van der Waals surface area contributed by atoms with Crippen LogP contribution in [0, 0.1) is 6.92 Å². The number of nitrogen functional groups attached to an aromatic ring is 1. The van der Waals surface area contributed by atoms with E-state index in [1.165, 1.54) is 0 Å². The highest BCUT2D eigenvalue weighted by molar-refractivity contribution is 7.91. The van der Waals surface area contributed by atoms with Gasteiger partial charge in [-0.05, 0) is 38.0 Å². The van der Waals surface area contributed by atoms with Crippen molar-refractivity contribution in [3.63, 3.8) is 0 Å². The number of rotatable bonds is 2. The molecule has 0 aromatic heterocycles. The van der Waals surface area contributed by atoms with Crippen LogP contribution in [0.1, 0.15) is 18.9 Å². The molecule has 0 saturated carbocycles. The van der Waals surface area contributed by atoms with E-state index in [-0.39, 0.29) is 11.5 Å². The predicted molar refractivity (Wildman–Crippen MR) is 75.9 cm³/mol. The van der Waals surface area contributed by atoms with Crippen molar-refractivity contribution in [2.24, 2.45) is 0 Å². The molecule has 0 aliphatic carbocycles. The summed E-state index contributed by atoms with van der Waals surface area (Å²) in [5.41, 5.74) is 7.62. The zero-order valence-electron chi connectivity index (χ0n) is 10.5. The fourth-order valence-electron chi connectivity index (χ4n) is 2.27. The van der Waals surface area contributed by atoms with E-state index < -0.39 is 15.4 Å². The molecule has 1 heterocycles. The van der Waals surface area contributed by atoms with Gasteiger partial charge in [0.25, 0.3) is 0 Å².